The minimum absolute atomic E-state index is 0.0267. The molecule has 0 saturated carbocycles. The highest BCUT2D eigenvalue weighted by Gasteiger charge is 2.33. The van der Waals surface area contributed by atoms with Crippen LogP contribution in [0.2, 0.25) is 5.02 Å². The van der Waals surface area contributed by atoms with Gasteiger partial charge in [-0.2, -0.15) is 0 Å². The minimum atomic E-state index is -0.427. The number of amides is 3. The van der Waals surface area contributed by atoms with Gasteiger partial charge in [0.2, 0.25) is 17.7 Å². The first-order valence-corrected chi connectivity index (χ1v) is 10.6. The number of carbonyl (C=O) groups is 3. The van der Waals surface area contributed by atoms with Gasteiger partial charge in [0.1, 0.15) is 6.04 Å². The van der Waals surface area contributed by atoms with E-state index in [1.165, 1.54) is 0 Å². The predicted octanol–water partition coefficient (Wildman–Crippen LogP) is 3.41. The molecule has 2 N–H and O–H groups in total. The van der Waals surface area contributed by atoms with Crippen molar-refractivity contribution < 1.29 is 14.4 Å². The van der Waals surface area contributed by atoms with E-state index in [0.29, 0.717) is 49.5 Å². The van der Waals surface area contributed by atoms with Crippen molar-refractivity contribution in [3.63, 3.8) is 0 Å². The number of nitrogens with zero attached hydrogens (tertiary/aromatic N) is 1. The summed E-state index contributed by atoms with van der Waals surface area (Å²) in [4.78, 5) is 38.9. The number of rotatable bonds is 8. The fourth-order valence-corrected chi connectivity index (χ4v) is 3.67. The molecule has 2 aromatic carbocycles. The van der Waals surface area contributed by atoms with E-state index in [1.807, 2.05) is 30.3 Å². The number of carbonyl (C=O) groups excluding carboxylic acids is 3. The Labute approximate surface area is 181 Å². The predicted molar refractivity (Wildman–Crippen MR) is 117 cm³/mol. The summed E-state index contributed by atoms with van der Waals surface area (Å²) in [5.41, 5.74) is 1.63. The van der Waals surface area contributed by atoms with Crippen molar-refractivity contribution in [2.75, 3.05) is 18.4 Å². The van der Waals surface area contributed by atoms with Crippen LogP contribution in [0.25, 0.3) is 0 Å². The highest BCUT2D eigenvalue weighted by atomic mass is 35.5. The highest BCUT2D eigenvalue weighted by molar-refractivity contribution is 6.30. The first kappa shape index (κ1) is 21.8. The van der Waals surface area contributed by atoms with Crippen molar-refractivity contribution in [3.8, 4) is 0 Å². The number of benzene rings is 2. The van der Waals surface area contributed by atoms with Gasteiger partial charge in [-0.15, -0.1) is 0 Å². The smallest absolute Gasteiger partial charge is 0.242 e. The van der Waals surface area contributed by atoms with E-state index in [2.05, 4.69) is 10.6 Å². The molecule has 1 aliphatic heterocycles. The number of nitrogens with one attached hydrogen (secondary N) is 2. The van der Waals surface area contributed by atoms with Crippen LogP contribution >= 0.6 is 11.6 Å². The van der Waals surface area contributed by atoms with Gasteiger partial charge < -0.3 is 15.5 Å². The van der Waals surface area contributed by atoms with Gasteiger partial charge in [0.25, 0.3) is 0 Å². The molecule has 1 unspecified atom stereocenters. The molecule has 1 heterocycles. The van der Waals surface area contributed by atoms with Gasteiger partial charge >= 0.3 is 0 Å². The molecule has 3 amide bonds. The molecule has 0 aromatic heterocycles. The fraction of sp³-hybridized carbons (Fsp3) is 0.348. The van der Waals surface area contributed by atoms with Crippen molar-refractivity contribution in [3.05, 3.63) is 65.2 Å². The van der Waals surface area contributed by atoms with Crippen molar-refractivity contribution in [2.45, 2.75) is 38.1 Å². The lowest BCUT2D eigenvalue weighted by Crippen LogP contribution is -2.46. The molecule has 0 bridgehead atoms. The lowest BCUT2D eigenvalue weighted by molar-refractivity contribution is -0.137. The molecule has 0 aliphatic carbocycles. The van der Waals surface area contributed by atoms with Crippen molar-refractivity contribution in [2.24, 2.45) is 0 Å². The third kappa shape index (κ3) is 6.32. The summed E-state index contributed by atoms with van der Waals surface area (Å²) < 4.78 is 0. The summed E-state index contributed by atoms with van der Waals surface area (Å²) in [7, 11) is 0. The normalized spacial score (nSPS) is 15.6. The molecule has 0 radical (unpaired) electrons. The second kappa shape index (κ2) is 10.8. The molecule has 1 aliphatic rings. The standard InChI is InChI=1S/C23H26ClN3O3/c24-18-10-12-19(13-11-18)26-21(28)9-4-14-25-23(30)20-8-5-15-27(20)22(29)16-17-6-2-1-3-7-17/h1-3,6-7,10-13,20H,4-5,8-9,14-16H2,(H,25,30)(H,26,28). The molecule has 1 saturated heterocycles. The molecule has 3 rings (SSSR count). The van der Waals surface area contributed by atoms with Crippen LogP contribution < -0.4 is 10.6 Å². The lowest BCUT2D eigenvalue weighted by Gasteiger charge is -2.24. The summed E-state index contributed by atoms with van der Waals surface area (Å²) in [6, 6.07) is 16.0. The third-order valence-corrected chi connectivity index (χ3v) is 5.33. The van der Waals surface area contributed by atoms with Crippen LogP contribution in [0, 0.1) is 0 Å². The van der Waals surface area contributed by atoms with Crippen molar-refractivity contribution >= 4 is 35.0 Å². The van der Waals surface area contributed by atoms with Gasteiger partial charge in [0.15, 0.2) is 0 Å². The molecule has 158 valence electrons. The van der Waals surface area contributed by atoms with Crippen LogP contribution in [0.1, 0.15) is 31.2 Å². The fourth-order valence-electron chi connectivity index (χ4n) is 3.54. The Morgan fingerprint density at radius 3 is 2.50 bits per heavy atom. The van der Waals surface area contributed by atoms with Gasteiger partial charge in [0, 0.05) is 30.2 Å². The molecule has 1 fully saturated rings. The Bertz CT molecular complexity index is 871. The van der Waals surface area contributed by atoms with E-state index >= 15 is 0 Å². The van der Waals surface area contributed by atoms with E-state index in [4.69, 9.17) is 11.6 Å². The number of hydrogen-bond donors (Lipinski definition) is 2. The lowest BCUT2D eigenvalue weighted by atomic mass is 10.1. The van der Waals surface area contributed by atoms with Gasteiger partial charge in [0.05, 0.1) is 6.42 Å². The molecular weight excluding hydrogens is 402 g/mol. The highest BCUT2D eigenvalue weighted by Crippen LogP contribution is 2.19. The SMILES string of the molecule is O=C(CCCNC(=O)C1CCCN1C(=O)Cc1ccccc1)Nc1ccc(Cl)cc1. The molecule has 30 heavy (non-hydrogen) atoms. The third-order valence-electron chi connectivity index (χ3n) is 5.08. The zero-order chi connectivity index (χ0) is 21.3. The van der Waals surface area contributed by atoms with Crippen molar-refractivity contribution in [1.29, 1.82) is 0 Å². The summed E-state index contributed by atoms with van der Waals surface area (Å²) in [5, 5.41) is 6.27. The monoisotopic (exact) mass is 427 g/mol. The summed E-state index contributed by atoms with van der Waals surface area (Å²) in [6.45, 7) is 0.997. The van der Waals surface area contributed by atoms with Crippen LogP contribution in [-0.2, 0) is 20.8 Å². The Morgan fingerprint density at radius 1 is 1.03 bits per heavy atom. The van der Waals surface area contributed by atoms with E-state index < -0.39 is 6.04 Å². The first-order chi connectivity index (χ1) is 14.5. The maximum Gasteiger partial charge on any atom is 0.242 e. The van der Waals surface area contributed by atoms with Crippen molar-refractivity contribution in [1.82, 2.24) is 10.2 Å². The zero-order valence-corrected chi connectivity index (χ0v) is 17.5. The zero-order valence-electron chi connectivity index (χ0n) is 16.8. The van der Waals surface area contributed by atoms with E-state index in [0.717, 1.165) is 12.0 Å². The molecule has 1 atom stereocenters. The molecule has 6 nitrogen and oxygen atoms in total. The molecule has 0 spiro atoms. The quantitative estimate of drug-likeness (QED) is 0.633. The minimum Gasteiger partial charge on any atom is -0.354 e. The van der Waals surface area contributed by atoms with E-state index in [1.54, 1.807) is 29.2 Å². The van der Waals surface area contributed by atoms with E-state index in [-0.39, 0.29) is 17.7 Å². The largest absolute Gasteiger partial charge is 0.354 e. The average Bonchev–Trinajstić information content (AvgIpc) is 3.24. The second-order valence-electron chi connectivity index (χ2n) is 7.36. The van der Waals surface area contributed by atoms with Gasteiger partial charge in [-0.3, -0.25) is 14.4 Å². The number of anilines is 1. The maximum atomic E-state index is 12.6. The Hall–Kier alpha value is -2.86. The van der Waals surface area contributed by atoms with Gasteiger partial charge in [-0.05, 0) is 49.1 Å². The number of hydrogen-bond acceptors (Lipinski definition) is 3. The van der Waals surface area contributed by atoms with Crippen LogP contribution in [0.5, 0.6) is 0 Å². The Kier molecular flexibility index (Phi) is 7.85. The first-order valence-electron chi connectivity index (χ1n) is 10.2. The van der Waals surface area contributed by atoms with E-state index in [9.17, 15) is 14.4 Å². The topological polar surface area (TPSA) is 78.5 Å². The second-order valence-corrected chi connectivity index (χ2v) is 7.79. The Morgan fingerprint density at radius 2 is 1.77 bits per heavy atom. The van der Waals surface area contributed by atoms with Gasteiger partial charge in [-0.25, -0.2) is 0 Å². The molecule has 7 heteroatoms. The Balaban J connectivity index is 1.39. The van der Waals surface area contributed by atoms with Crippen LogP contribution in [0.4, 0.5) is 5.69 Å². The number of likely N-dealkylation sites (tertiary alicyclic amines) is 1. The summed E-state index contributed by atoms with van der Waals surface area (Å²) >= 11 is 5.83. The van der Waals surface area contributed by atoms with Crippen LogP contribution in [0.15, 0.2) is 54.6 Å². The average molecular weight is 428 g/mol. The van der Waals surface area contributed by atoms with Gasteiger partial charge in [-0.1, -0.05) is 41.9 Å². The summed E-state index contributed by atoms with van der Waals surface area (Å²) in [5.74, 6) is -0.291. The molecular formula is C23H26ClN3O3. The maximum absolute atomic E-state index is 12.6. The molecule has 2 aromatic rings. The number of halogens is 1. The van der Waals surface area contributed by atoms with Crippen LogP contribution in [-0.4, -0.2) is 41.8 Å². The summed E-state index contributed by atoms with van der Waals surface area (Å²) in [6.07, 6.45) is 2.61. The van der Waals surface area contributed by atoms with Crippen LogP contribution in [0.3, 0.4) is 0 Å².